The van der Waals surface area contributed by atoms with Crippen molar-refractivity contribution in [3.05, 3.63) is 34.3 Å². The second-order valence-corrected chi connectivity index (χ2v) is 12.6. The van der Waals surface area contributed by atoms with E-state index in [0.717, 1.165) is 0 Å². The van der Waals surface area contributed by atoms with E-state index in [4.69, 9.17) is 95.5 Å². The maximum atomic E-state index is 12.1. The Labute approximate surface area is 393 Å². The SMILES string of the molecule is [C-]#[N+]CC(=O)N(CCOCCOCCOCCOC)CCOCCOCCOCCOC.[C-]#[N+]CC(=O)NCCOCCOCCOCCOC.[C-]#[N+]CCOCCOCCOCCOC. The van der Waals surface area contributed by atoms with E-state index in [9.17, 15) is 9.59 Å². The van der Waals surface area contributed by atoms with Crippen LogP contribution in [0.25, 0.3) is 14.5 Å². The number of carbonyl (C=O) groups excluding carboxylic acids is 2. The topological polar surface area (TPSA) is 210 Å². The van der Waals surface area contributed by atoms with Gasteiger partial charge in [-0.05, 0) is 0 Å². The number of nitrogens with zero attached hydrogens (tertiary/aromatic N) is 4. The molecule has 0 saturated heterocycles. The molecule has 0 aliphatic heterocycles. The number of rotatable bonds is 49. The molecular formula is C43H81N5O18. The summed E-state index contributed by atoms with van der Waals surface area (Å²) >= 11 is 0. The molecule has 0 fully saturated rings. The van der Waals surface area contributed by atoms with Crippen molar-refractivity contribution in [3.8, 4) is 0 Å². The van der Waals surface area contributed by atoms with Crippen molar-refractivity contribution in [2.24, 2.45) is 0 Å². The summed E-state index contributed by atoms with van der Waals surface area (Å²) in [5.74, 6) is -0.510. The van der Waals surface area contributed by atoms with Crippen LogP contribution < -0.4 is 5.32 Å². The standard InChI is InChI=1S/C21H40N2O9.C12H22N2O5.C10H19NO4/c1-22-20-21(24)23(4-6-27-12-14-31-18-16-29-10-8-25-2)5-7-28-13-15-32-19-17-30-11-9-26-3;1-13-11-12(15)14-3-4-17-7-8-19-10-9-18-6-5-16-2;1-11-3-4-13-7-8-15-10-9-14-6-5-12-2/h4-20H2,2-3H3;3-11H2,2H3,(H,14,15);3-10H2,2H3. The zero-order valence-electron chi connectivity index (χ0n) is 40.2. The second kappa shape index (κ2) is 63.9. The first-order chi connectivity index (χ1) is 32.5. The molecule has 0 aliphatic carbocycles. The summed E-state index contributed by atoms with van der Waals surface area (Å²) in [4.78, 5) is 33.8. The molecule has 66 heavy (non-hydrogen) atoms. The molecule has 0 spiro atoms. The number of hydrogen-bond acceptors (Lipinski definition) is 18. The molecule has 0 bridgehead atoms. The minimum absolute atomic E-state index is 0.133. The summed E-state index contributed by atoms with van der Waals surface area (Å²) in [5, 5.41) is 2.56. The van der Waals surface area contributed by atoms with E-state index in [1.807, 2.05) is 0 Å². The van der Waals surface area contributed by atoms with Gasteiger partial charge in [0.2, 0.25) is 6.54 Å². The van der Waals surface area contributed by atoms with E-state index < -0.39 is 0 Å². The lowest BCUT2D eigenvalue weighted by molar-refractivity contribution is -0.130. The van der Waals surface area contributed by atoms with Gasteiger partial charge in [0.1, 0.15) is 6.61 Å². The van der Waals surface area contributed by atoms with Crippen LogP contribution in [0.15, 0.2) is 0 Å². The lowest BCUT2D eigenvalue weighted by Gasteiger charge is -2.20. The van der Waals surface area contributed by atoms with Crippen molar-refractivity contribution in [1.29, 1.82) is 0 Å². The van der Waals surface area contributed by atoms with Gasteiger partial charge in [-0.1, -0.05) is 0 Å². The summed E-state index contributed by atoms with van der Waals surface area (Å²) in [6.07, 6.45) is 0. The molecule has 2 amide bonds. The van der Waals surface area contributed by atoms with Crippen molar-refractivity contribution < 1.29 is 85.4 Å². The van der Waals surface area contributed by atoms with E-state index in [2.05, 4.69) is 19.9 Å². The van der Waals surface area contributed by atoms with Crippen LogP contribution in [0.1, 0.15) is 0 Å². The van der Waals surface area contributed by atoms with E-state index in [1.165, 1.54) is 0 Å². The highest BCUT2D eigenvalue weighted by atomic mass is 16.6. The molecule has 1 N–H and O–H groups in total. The van der Waals surface area contributed by atoms with Crippen molar-refractivity contribution in [2.75, 3.05) is 253 Å². The fraction of sp³-hybridized carbons (Fsp3) is 0.884. The molecule has 23 nitrogen and oxygen atoms in total. The lowest BCUT2D eigenvalue weighted by atomic mass is 10.4. The minimum Gasteiger partial charge on any atom is -0.382 e. The fourth-order valence-electron chi connectivity index (χ4n) is 4.12. The van der Waals surface area contributed by atoms with Crippen molar-refractivity contribution in [1.82, 2.24) is 10.2 Å². The molecule has 0 aromatic heterocycles. The molecule has 0 aromatic carbocycles. The fourth-order valence-corrected chi connectivity index (χ4v) is 4.12. The van der Waals surface area contributed by atoms with Crippen LogP contribution >= 0.6 is 0 Å². The third-order valence-electron chi connectivity index (χ3n) is 7.42. The highest BCUT2D eigenvalue weighted by Gasteiger charge is 2.15. The number of nitrogens with one attached hydrogen (secondary N) is 1. The average molecular weight is 956 g/mol. The number of carbonyl (C=O) groups is 2. The van der Waals surface area contributed by atoms with E-state index >= 15 is 0 Å². The van der Waals surface area contributed by atoms with Crippen LogP contribution in [-0.4, -0.2) is 269 Å². The largest absolute Gasteiger partial charge is 0.382 e. The highest BCUT2D eigenvalue weighted by Crippen LogP contribution is 1.94. The molecule has 0 atom stereocenters. The van der Waals surface area contributed by atoms with E-state index in [-0.39, 0.29) is 24.9 Å². The first-order valence-electron chi connectivity index (χ1n) is 21.9. The number of hydrogen-bond donors (Lipinski definition) is 1. The van der Waals surface area contributed by atoms with Gasteiger partial charge in [-0.15, -0.1) is 0 Å². The Morgan fingerprint density at radius 1 is 0.364 bits per heavy atom. The quantitative estimate of drug-likeness (QED) is 0.0648. The Balaban J connectivity index is -0.000000989. The number of amides is 2. The van der Waals surface area contributed by atoms with Crippen molar-refractivity contribution in [3.63, 3.8) is 0 Å². The van der Waals surface area contributed by atoms with Crippen LogP contribution in [0.2, 0.25) is 0 Å². The monoisotopic (exact) mass is 956 g/mol. The summed E-state index contributed by atoms with van der Waals surface area (Å²) in [6, 6.07) is 0. The van der Waals surface area contributed by atoms with Crippen LogP contribution in [0.3, 0.4) is 0 Å². The molecule has 0 radical (unpaired) electrons. The lowest BCUT2D eigenvalue weighted by Crippen LogP contribution is -2.38. The third kappa shape index (κ3) is 62.9. The molecule has 23 heteroatoms. The Hall–Kier alpha value is -3.23. The van der Waals surface area contributed by atoms with Crippen LogP contribution in [0.4, 0.5) is 0 Å². The second-order valence-electron chi connectivity index (χ2n) is 12.6. The zero-order chi connectivity index (χ0) is 48.9. The predicted molar refractivity (Wildman–Crippen MR) is 241 cm³/mol. The summed E-state index contributed by atoms with van der Waals surface area (Å²) in [5.41, 5.74) is 0. The maximum Gasteiger partial charge on any atom is 0.302 e. The first-order valence-corrected chi connectivity index (χ1v) is 21.9. The average Bonchev–Trinajstić information content (AvgIpc) is 3.32. The molecule has 0 saturated carbocycles. The normalized spacial score (nSPS) is 10.5. The van der Waals surface area contributed by atoms with Crippen molar-refractivity contribution in [2.45, 2.75) is 0 Å². The van der Waals surface area contributed by atoms with E-state index in [0.29, 0.717) is 211 Å². The Kier molecular flexibility index (Phi) is 64.9. The molecule has 386 valence electrons. The van der Waals surface area contributed by atoms with Crippen molar-refractivity contribution >= 4 is 11.8 Å². The van der Waals surface area contributed by atoms with E-state index in [1.54, 1.807) is 33.3 Å². The maximum absolute atomic E-state index is 12.1. The zero-order valence-corrected chi connectivity index (χ0v) is 40.2. The van der Waals surface area contributed by atoms with Crippen LogP contribution in [0, 0.1) is 19.7 Å². The van der Waals surface area contributed by atoms with Gasteiger partial charge in [-0.2, -0.15) is 0 Å². The minimum atomic E-state index is -0.275. The van der Waals surface area contributed by atoms with Gasteiger partial charge >= 0.3 is 5.91 Å². The molecule has 0 unspecified atom stereocenters. The van der Waals surface area contributed by atoms with Crippen LogP contribution in [-0.2, 0) is 85.4 Å². The third-order valence-corrected chi connectivity index (χ3v) is 7.42. The highest BCUT2D eigenvalue weighted by molar-refractivity contribution is 5.79. The van der Waals surface area contributed by atoms with Crippen LogP contribution in [0.5, 0.6) is 0 Å². The van der Waals surface area contributed by atoms with Gasteiger partial charge in [0.15, 0.2) is 0 Å². The number of methoxy groups -OCH3 is 4. The Morgan fingerprint density at radius 2 is 0.636 bits per heavy atom. The summed E-state index contributed by atoms with van der Waals surface area (Å²) < 4.78 is 83.0. The van der Waals surface area contributed by atoms with Gasteiger partial charge in [0.25, 0.3) is 19.0 Å². The van der Waals surface area contributed by atoms with Gasteiger partial charge in [-0.3, -0.25) is 9.59 Å². The molecule has 0 aromatic rings. The predicted octanol–water partition coefficient (Wildman–Crippen LogP) is 0.447. The molecule has 0 rings (SSSR count). The van der Waals surface area contributed by atoms with Gasteiger partial charge in [0.05, 0.1) is 178 Å². The summed E-state index contributed by atoms with van der Waals surface area (Å²) in [7, 11) is 6.52. The van der Waals surface area contributed by atoms with Gasteiger partial charge in [0, 0.05) is 48.1 Å². The smallest absolute Gasteiger partial charge is 0.302 e. The molecule has 0 aliphatic rings. The Morgan fingerprint density at radius 3 is 0.924 bits per heavy atom. The first kappa shape index (κ1) is 67.0. The number of ether oxygens (including phenoxy) is 16. The Bertz CT molecular complexity index is 1090. The molecule has 0 heterocycles. The van der Waals surface area contributed by atoms with Gasteiger partial charge < -0.3 is 101 Å². The molecular weight excluding hydrogens is 874 g/mol. The summed E-state index contributed by atoms with van der Waals surface area (Å²) in [6.45, 7) is 35.4. The van der Waals surface area contributed by atoms with Gasteiger partial charge in [-0.25, -0.2) is 19.7 Å².